The van der Waals surface area contributed by atoms with Crippen LogP contribution in [0.5, 0.6) is 5.75 Å². The molecule has 0 aliphatic carbocycles. The van der Waals surface area contributed by atoms with E-state index in [9.17, 15) is 10.1 Å². The molecule has 6 heteroatoms. The van der Waals surface area contributed by atoms with Gasteiger partial charge in [0.05, 0.1) is 4.92 Å². The number of non-ortho nitro benzene ring substituents is 1. The number of nitrogens with zero attached hydrogens (tertiary/aromatic N) is 1. The first-order valence-corrected chi connectivity index (χ1v) is 6.59. The lowest BCUT2D eigenvalue weighted by atomic mass is 10.2. The standard InChI is InChI=1S/C15H17N3O3/c16-8-9-17-13-2-1-3-15(10-13)21-11-12-4-6-14(7-5-12)18(19)20/h1-7,10,17H,8-9,11,16H2. The van der Waals surface area contributed by atoms with Crippen LogP contribution in [0.3, 0.4) is 0 Å². The molecule has 21 heavy (non-hydrogen) atoms. The largest absolute Gasteiger partial charge is 0.489 e. The SMILES string of the molecule is NCCNc1cccc(OCc2ccc([N+](=O)[O-])cc2)c1. The Hall–Kier alpha value is -2.60. The molecular formula is C15H17N3O3. The van der Waals surface area contributed by atoms with Crippen molar-refractivity contribution in [1.29, 1.82) is 0 Å². The Morgan fingerprint density at radius 3 is 2.62 bits per heavy atom. The van der Waals surface area contributed by atoms with Crippen molar-refractivity contribution < 1.29 is 9.66 Å². The average molecular weight is 287 g/mol. The van der Waals surface area contributed by atoms with E-state index in [1.54, 1.807) is 12.1 Å². The molecule has 2 rings (SSSR count). The quantitative estimate of drug-likeness (QED) is 0.603. The van der Waals surface area contributed by atoms with Gasteiger partial charge in [-0.15, -0.1) is 0 Å². The molecule has 0 aliphatic rings. The Morgan fingerprint density at radius 1 is 1.19 bits per heavy atom. The van der Waals surface area contributed by atoms with Crippen LogP contribution in [-0.2, 0) is 6.61 Å². The summed E-state index contributed by atoms with van der Waals surface area (Å²) in [6, 6.07) is 13.9. The number of anilines is 1. The Bertz CT molecular complexity index is 599. The Morgan fingerprint density at radius 2 is 1.95 bits per heavy atom. The summed E-state index contributed by atoms with van der Waals surface area (Å²) in [5.74, 6) is 0.732. The summed E-state index contributed by atoms with van der Waals surface area (Å²) < 4.78 is 5.67. The van der Waals surface area contributed by atoms with Gasteiger partial charge in [0.25, 0.3) is 5.69 Å². The highest BCUT2D eigenvalue weighted by Gasteiger charge is 2.04. The van der Waals surface area contributed by atoms with Gasteiger partial charge in [-0.05, 0) is 29.8 Å². The number of nitrogens with two attached hydrogens (primary N) is 1. The van der Waals surface area contributed by atoms with Crippen LogP contribution < -0.4 is 15.8 Å². The fourth-order valence-electron chi connectivity index (χ4n) is 1.79. The predicted octanol–water partition coefficient (Wildman–Crippen LogP) is 2.54. The fraction of sp³-hybridized carbons (Fsp3) is 0.200. The second-order valence-corrected chi connectivity index (χ2v) is 4.46. The minimum absolute atomic E-state index is 0.0757. The fourth-order valence-corrected chi connectivity index (χ4v) is 1.79. The first kappa shape index (κ1) is 14.8. The normalized spacial score (nSPS) is 10.1. The van der Waals surface area contributed by atoms with Gasteiger partial charge in [-0.1, -0.05) is 6.07 Å². The van der Waals surface area contributed by atoms with Gasteiger partial charge in [0.1, 0.15) is 12.4 Å². The van der Waals surface area contributed by atoms with E-state index in [-0.39, 0.29) is 5.69 Å². The Balaban J connectivity index is 1.94. The van der Waals surface area contributed by atoms with Crippen LogP contribution in [0, 0.1) is 10.1 Å². The summed E-state index contributed by atoms with van der Waals surface area (Å²) in [6.45, 7) is 1.62. The summed E-state index contributed by atoms with van der Waals surface area (Å²) in [7, 11) is 0. The lowest BCUT2D eigenvalue weighted by Crippen LogP contribution is -2.12. The van der Waals surface area contributed by atoms with Crippen molar-refractivity contribution in [3.05, 3.63) is 64.2 Å². The maximum Gasteiger partial charge on any atom is 0.269 e. The van der Waals surface area contributed by atoms with E-state index < -0.39 is 4.92 Å². The number of rotatable bonds is 7. The highest BCUT2D eigenvalue weighted by Crippen LogP contribution is 2.19. The smallest absolute Gasteiger partial charge is 0.269 e. The van der Waals surface area contributed by atoms with E-state index in [1.165, 1.54) is 12.1 Å². The summed E-state index contributed by atoms with van der Waals surface area (Å²) in [5, 5.41) is 13.7. The third kappa shape index (κ3) is 4.47. The van der Waals surface area contributed by atoms with Crippen molar-refractivity contribution in [3.63, 3.8) is 0 Å². The van der Waals surface area contributed by atoms with Crippen LogP contribution in [0.1, 0.15) is 5.56 Å². The molecule has 0 amide bonds. The van der Waals surface area contributed by atoms with E-state index in [1.807, 2.05) is 24.3 Å². The molecule has 0 radical (unpaired) electrons. The molecule has 0 spiro atoms. The second-order valence-electron chi connectivity index (χ2n) is 4.46. The van der Waals surface area contributed by atoms with Crippen molar-refractivity contribution in [1.82, 2.24) is 0 Å². The lowest BCUT2D eigenvalue weighted by Gasteiger charge is -2.09. The Labute approximate surface area is 122 Å². The summed E-state index contributed by atoms with van der Waals surface area (Å²) >= 11 is 0. The molecule has 2 aromatic rings. The summed E-state index contributed by atoms with van der Waals surface area (Å²) in [4.78, 5) is 10.2. The molecule has 3 N–H and O–H groups in total. The van der Waals surface area contributed by atoms with E-state index >= 15 is 0 Å². The van der Waals surface area contributed by atoms with E-state index in [0.717, 1.165) is 17.0 Å². The van der Waals surface area contributed by atoms with Crippen molar-refractivity contribution in [2.45, 2.75) is 6.61 Å². The topological polar surface area (TPSA) is 90.4 Å². The second kappa shape index (κ2) is 7.25. The number of ether oxygens (including phenoxy) is 1. The van der Waals surface area contributed by atoms with Gasteiger partial charge in [-0.2, -0.15) is 0 Å². The molecule has 6 nitrogen and oxygen atoms in total. The molecule has 0 aliphatic heterocycles. The molecule has 110 valence electrons. The highest BCUT2D eigenvalue weighted by molar-refractivity contribution is 5.48. The van der Waals surface area contributed by atoms with E-state index in [4.69, 9.17) is 10.5 Å². The van der Waals surface area contributed by atoms with Crippen molar-refractivity contribution in [2.75, 3.05) is 18.4 Å². The number of hydrogen-bond acceptors (Lipinski definition) is 5. The first-order chi connectivity index (χ1) is 10.2. The van der Waals surface area contributed by atoms with Crippen molar-refractivity contribution in [2.24, 2.45) is 5.73 Å². The van der Waals surface area contributed by atoms with Crippen LogP contribution >= 0.6 is 0 Å². The van der Waals surface area contributed by atoms with Crippen molar-refractivity contribution >= 4 is 11.4 Å². The maximum atomic E-state index is 10.6. The molecule has 0 saturated carbocycles. The average Bonchev–Trinajstić information content (AvgIpc) is 2.52. The van der Waals surface area contributed by atoms with Gasteiger partial charge >= 0.3 is 0 Å². The molecule has 0 fully saturated rings. The van der Waals surface area contributed by atoms with E-state index in [2.05, 4.69) is 5.32 Å². The van der Waals surface area contributed by atoms with Crippen LogP contribution in [0.2, 0.25) is 0 Å². The zero-order valence-corrected chi connectivity index (χ0v) is 11.5. The number of nitro benzene ring substituents is 1. The predicted molar refractivity (Wildman–Crippen MR) is 81.4 cm³/mol. The van der Waals surface area contributed by atoms with Crippen molar-refractivity contribution in [3.8, 4) is 5.75 Å². The van der Waals surface area contributed by atoms with E-state index in [0.29, 0.717) is 19.7 Å². The van der Waals surface area contributed by atoms with Gasteiger partial charge in [0.2, 0.25) is 0 Å². The minimum Gasteiger partial charge on any atom is -0.489 e. The molecular weight excluding hydrogens is 270 g/mol. The van der Waals surface area contributed by atoms with Crippen LogP contribution in [0.15, 0.2) is 48.5 Å². The third-order valence-electron chi connectivity index (χ3n) is 2.86. The summed E-state index contributed by atoms with van der Waals surface area (Å²) in [5.41, 5.74) is 7.34. The molecule has 0 bridgehead atoms. The lowest BCUT2D eigenvalue weighted by molar-refractivity contribution is -0.384. The maximum absolute atomic E-state index is 10.6. The van der Waals surface area contributed by atoms with Crippen LogP contribution in [-0.4, -0.2) is 18.0 Å². The summed E-state index contributed by atoms with van der Waals surface area (Å²) in [6.07, 6.45) is 0. The highest BCUT2D eigenvalue weighted by atomic mass is 16.6. The van der Waals surface area contributed by atoms with Crippen LogP contribution in [0.4, 0.5) is 11.4 Å². The third-order valence-corrected chi connectivity index (χ3v) is 2.86. The number of nitro groups is 1. The molecule has 0 unspecified atom stereocenters. The minimum atomic E-state index is -0.419. The van der Waals surface area contributed by atoms with Crippen LogP contribution in [0.25, 0.3) is 0 Å². The molecule has 0 atom stereocenters. The van der Waals surface area contributed by atoms with Gasteiger partial charge in [0.15, 0.2) is 0 Å². The van der Waals surface area contributed by atoms with Gasteiger partial charge in [-0.3, -0.25) is 10.1 Å². The first-order valence-electron chi connectivity index (χ1n) is 6.59. The molecule has 0 aromatic heterocycles. The van der Waals surface area contributed by atoms with Gasteiger partial charge in [-0.25, -0.2) is 0 Å². The molecule has 2 aromatic carbocycles. The zero-order chi connectivity index (χ0) is 15.1. The molecule has 0 saturated heterocycles. The Kier molecular flexibility index (Phi) is 5.11. The number of benzene rings is 2. The monoisotopic (exact) mass is 287 g/mol. The van der Waals surface area contributed by atoms with Gasteiger partial charge < -0.3 is 15.8 Å². The molecule has 0 heterocycles. The van der Waals surface area contributed by atoms with Gasteiger partial charge in [0, 0.05) is 37.0 Å². The zero-order valence-electron chi connectivity index (χ0n) is 11.5. The number of nitrogens with one attached hydrogen (secondary N) is 1. The number of hydrogen-bond donors (Lipinski definition) is 2.